The first kappa shape index (κ1) is 23.2. The van der Waals surface area contributed by atoms with Gasteiger partial charge in [0.05, 0.1) is 21.6 Å². The number of thioether (sulfide) groups is 1. The second kappa shape index (κ2) is 9.10. The number of carbonyl (C=O) groups excluding carboxylic acids is 1. The third-order valence-electron chi connectivity index (χ3n) is 4.34. The molecule has 0 bridgehead atoms. The van der Waals surface area contributed by atoms with E-state index in [0.717, 1.165) is 11.8 Å². The second-order valence-electron chi connectivity index (χ2n) is 6.50. The quantitative estimate of drug-likeness (QED) is 0.327. The average molecular weight is 530 g/mol. The number of benzene rings is 1. The third-order valence-corrected chi connectivity index (χ3v) is 7.88. The molecule has 1 aromatic carbocycles. The number of rotatable bonds is 6. The van der Waals surface area contributed by atoms with Gasteiger partial charge in [0.1, 0.15) is 20.6 Å². The minimum Gasteiger partial charge on any atom is -0.456 e. The zero-order valence-corrected chi connectivity index (χ0v) is 19.8. The molecule has 1 saturated heterocycles. The number of aliphatic hydroxyl groups is 1. The van der Waals surface area contributed by atoms with Crippen molar-refractivity contribution >= 4 is 84.5 Å². The number of fused-ring (bicyclic) bond motifs is 1. The summed E-state index contributed by atoms with van der Waals surface area (Å²) < 4.78 is 33.4. The maximum absolute atomic E-state index is 12.4. The van der Waals surface area contributed by atoms with Crippen LogP contribution >= 0.6 is 47.2 Å². The molecule has 0 spiro atoms. The molecule has 0 radical (unpaired) electrons. The molecule has 4 rings (SSSR count). The Kier molecular flexibility index (Phi) is 6.59. The van der Waals surface area contributed by atoms with Crippen LogP contribution in [-0.2, 0) is 14.8 Å². The normalized spacial score (nSPS) is 15.7. The van der Waals surface area contributed by atoms with Crippen LogP contribution in [-0.4, -0.2) is 41.9 Å². The van der Waals surface area contributed by atoms with Crippen molar-refractivity contribution in [2.45, 2.75) is 4.90 Å². The fourth-order valence-electron chi connectivity index (χ4n) is 3.03. The van der Waals surface area contributed by atoms with Gasteiger partial charge < -0.3 is 14.8 Å². The fraction of sp³-hybridized carbons (Fsp3) is 0.105. The fourth-order valence-corrected chi connectivity index (χ4v) is 6.29. The number of furan rings is 1. The highest BCUT2D eigenvalue weighted by Crippen LogP contribution is 2.38. The summed E-state index contributed by atoms with van der Waals surface area (Å²) in [7, 11) is -4.02. The van der Waals surface area contributed by atoms with Crippen molar-refractivity contribution in [3.05, 3.63) is 51.3 Å². The van der Waals surface area contributed by atoms with Crippen LogP contribution in [0.5, 0.6) is 0 Å². The predicted molar refractivity (Wildman–Crippen MR) is 128 cm³/mol. The summed E-state index contributed by atoms with van der Waals surface area (Å²) in [6.45, 7) is -0.547. The van der Waals surface area contributed by atoms with Crippen LogP contribution < -0.4 is 10.0 Å². The van der Waals surface area contributed by atoms with Crippen molar-refractivity contribution in [1.29, 1.82) is 0 Å². The lowest BCUT2D eigenvalue weighted by Gasteiger charge is -2.11. The molecule has 3 heterocycles. The van der Waals surface area contributed by atoms with Crippen molar-refractivity contribution in [1.82, 2.24) is 15.0 Å². The second-order valence-corrected chi connectivity index (χ2v) is 10.7. The van der Waals surface area contributed by atoms with Crippen molar-refractivity contribution in [3.63, 3.8) is 0 Å². The van der Waals surface area contributed by atoms with Crippen LogP contribution in [0.4, 0.5) is 0 Å². The number of hydrogen-bond donors (Lipinski definition) is 3. The summed E-state index contributed by atoms with van der Waals surface area (Å²) in [5, 5.41) is 11.9. The SMILES string of the molecule is O=C1NC(=S)S/C1=C/c1cc2cncc(-c3cc(Cl)c(S(=O)(=O)NCCO)c(Cl)c3)c2o1. The van der Waals surface area contributed by atoms with E-state index < -0.39 is 10.0 Å². The summed E-state index contributed by atoms with van der Waals surface area (Å²) in [5.41, 5.74) is 1.48. The number of aliphatic hydroxyl groups excluding tert-OH is 1. The summed E-state index contributed by atoms with van der Waals surface area (Å²) in [6.07, 6.45) is 4.71. The maximum Gasteiger partial charge on any atom is 0.263 e. The molecule has 166 valence electrons. The Morgan fingerprint density at radius 2 is 1.97 bits per heavy atom. The number of nitrogens with one attached hydrogen (secondary N) is 2. The van der Waals surface area contributed by atoms with E-state index in [1.165, 1.54) is 18.3 Å². The highest BCUT2D eigenvalue weighted by molar-refractivity contribution is 8.26. The molecular weight excluding hydrogens is 517 g/mol. The molecule has 0 unspecified atom stereocenters. The van der Waals surface area contributed by atoms with Crippen molar-refractivity contribution in [2.75, 3.05) is 13.2 Å². The highest BCUT2D eigenvalue weighted by atomic mass is 35.5. The molecule has 3 aromatic rings. The van der Waals surface area contributed by atoms with Crippen LogP contribution in [0.25, 0.3) is 28.2 Å². The maximum atomic E-state index is 12.4. The minimum absolute atomic E-state index is 0.101. The molecule has 1 fully saturated rings. The van der Waals surface area contributed by atoms with E-state index in [1.807, 2.05) is 0 Å². The molecule has 0 aliphatic carbocycles. The number of carbonyl (C=O) groups is 1. The number of amides is 1. The van der Waals surface area contributed by atoms with Gasteiger partial charge in [0.15, 0.2) is 0 Å². The van der Waals surface area contributed by atoms with Gasteiger partial charge >= 0.3 is 0 Å². The van der Waals surface area contributed by atoms with E-state index in [0.29, 0.717) is 37.1 Å². The number of sulfonamides is 1. The Hall–Kier alpha value is -1.99. The number of aromatic nitrogens is 1. The van der Waals surface area contributed by atoms with Gasteiger partial charge in [0, 0.05) is 36.0 Å². The average Bonchev–Trinajstić information content (AvgIpc) is 3.27. The number of halogens is 2. The molecule has 8 nitrogen and oxygen atoms in total. The number of thiocarbonyl (C=S) groups is 1. The minimum atomic E-state index is -4.02. The van der Waals surface area contributed by atoms with Gasteiger partial charge in [0.2, 0.25) is 10.0 Å². The van der Waals surface area contributed by atoms with Crippen molar-refractivity contribution in [2.24, 2.45) is 0 Å². The number of pyridine rings is 1. The molecule has 13 heteroatoms. The topological polar surface area (TPSA) is 122 Å². The standard InChI is InChI=1S/C19H13Cl2N3O5S3/c20-13-4-9(5-14(21)17(13)32(27,28)23-1-2-25)12-8-22-7-10-3-11(29-16(10)12)6-15-18(26)24-19(30)31-15/h3-8,23,25H,1-2H2,(H,24,26,30)/b15-6+. The van der Waals surface area contributed by atoms with Crippen LogP contribution in [0, 0.1) is 0 Å². The van der Waals surface area contributed by atoms with E-state index >= 15 is 0 Å². The van der Waals surface area contributed by atoms with Gasteiger partial charge in [-0.3, -0.25) is 9.78 Å². The molecular formula is C19H13Cl2N3O5S3. The molecule has 0 saturated carbocycles. The van der Waals surface area contributed by atoms with Crippen molar-refractivity contribution in [3.8, 4) is 11.1 Å². The van der Waals surface area contributed by atoms with Gasteiger partial charge in [0.25, 0.3) is 5.91 Å². The van der Waals surface area contributed by atoms with Gasteiger partial charge in [-0.05, 0) is 23.8 Å². The molecule has 0 atom stereocenters. The van der Waals surface area contributed by atoms with E-state index in [-0.39, 0.29) is 34.0 Å². The van der Waals surface area contributed by atoms with Crippen LogP contribution in [0.15, 0.2) is 44.8 Å². The summed E-state index contributed by atoms with van der Waals surface area (Å²) in [4.78, 5) is 16.2. The first-order valence-electron chi connectivity index (χ1n) is 8.92. The number of nitrogens with zero attached hydrogens (tertiary/aromatic N) is 1. The molecule has 3 N–H and O–H groups in total. The predicted octanol–water partition coefficient (Wildman–Crippen LogP) is 3.56. The number of hydrogen-bond acceptors (Lipinski definition) is 8. The summed E-state index contributed by atoms with van der Waals surface area (Å²) in [5.74, 6) is 0.116. The summed E-state index contributed by atoms with van der Waals surface area (Å²) in [6, 6.07) is 4.60. The molecule has 1 amide bonds. The highest BCUT2D eigenvalue weighted by Gasteiger charge is 2.24. The van der Waals surface area contributed by atoms with Crippen LogP contribution in [0.2, 0.25) is 10.0 Å². The van der Waals surface area contributed by atoms with Crippen LogP contribution in [0.3, 0.4) is 0 Å². The van der Waals surface area contributed by atoms with Crippen LogP contribution in [0.1, 0.15) is 5.76 Å². The van der Waals surface area contributed by atoms with Gasteiger partial charge in [-0.25, -0.2) is 13.1 Å². The Bertz CT molecular complexity index is 1380. The third kappa shape index (κ3) is 4.55. The molecule has 1 aliphatic rings. The lowest BCUT2D eigenvalue weighted by Crippen LogP contribution is -2.27. The molecule has 2 aromatic heterocycles. The van der Waals surface area contributed by atoms with E-state index in [2.05, 4.69) is 15.0 Å². The molecule has 1 aliphatic heterocycles. The zero-order chi connectivity index (χ0) is 23.0. The Morgan fingerprint density at radius 1 is 1.25 bits per heavy atom. The van der Waals surface area contributed by atoms with Gasteiger partial charge in [-0.1, -0.05) is 47.2 Å². The molecule has 32 heavy (non-hydrogen) atoms. The lowest BCUT2D eigenvalue weighted by atomic mass is 10.1. The van der Waals surface area contributed by atoms with Crippen molar-refractivity contribution < 1.29 is 22.7 Å². The first-order valence-corrected chi connectivity index (χ1v) is 12.4. The van der Waals surface area contributed by atoms with Gasteiger partial charge in [-0.2, -0.15) is 0 Å². The Labute approximate surface area is 202 Å². The van der Waals surface area contributed by atoms with Gasteiger partial charge in [-0.15, -0.1) is 0 Å². The monoisotopic (exact) mass is 529 g/mol. The summed E-state index contributed by atoms with van der Waals surface area (Å²) >= 11 is 18.6. The Morgan fingerprint density at radius 3 is 2.59 bits per heavy atom. The zero-order valence-electron chi connectivity index (χ0n) is 15.9. The smallest absolute Gasteiger partial charge is 0.263 e. The first-order chi connectivity index (χ1) is 15.2. The van der Waals surface area contributed by atoms with E-state index in [4.69, 9.17) is 44.9 Å². The largest absolute Gasteiger partial charge is 0.456 e. The van der Waals surface area contributed by atoms with E-state index in [1.54, 1.807) is 18.3 Å². The lowest BCUT2D eigenvalue weighted by molar-refractivity contribution is -0.115. The van der Waals surface area contributed by atoms with E-state index in [9.17, 15) is 13.2 Å². The Balaban J connectivity index is 1.77.